The molecular formula is C16H25IN4O3. The number of nitrogens with one attached hydrogen (secondary N) is 1. The van der Waals surface area contributed by atoms with Crippen molar-refractivity contribution >= 4 is 35.9 Å². The minimum atomic E-state index is -0.343. The average Bonchev–Trinajstić information content (AvgIpc) is 3.37. The SMILES string of the molecule is COCC(C)NC(N)=NCc1ccc(C(=O)OC)c(C2CC2)n1.I. The molecule has 1 unspecified atom stereocenters. The van der Waals surface area contributed by atoms with Gasteiger partial charge in [0.25, 0.3) is 0 Å². The van der Waals surface area contributed by atoms with Crippen molar-refractivity contribution in [2.24, 2.45) is 10.7 Å². The number of hydrogen-bond donors (Lipinski definition) is 2. The predicted molar refractivity (Wildman–Crippen MR) is 103 cm³/mol. The Kier molecular flexibility index (Phi) is 8.40. The average molecular weight is 448 g/mol. The Morgan fingerprint density at radius 3 is 2.75 bits per heavy atom. The Hall–Kier alpha value is -1.42. The zero-order valence-electron chi connectivity index (χ0n) is 14.2. The van der Waals surface area contributed by atoms with Crippen LogP contribution >= 0.6 is 24.0 Å². The van der Waals surface area contributed by atoms with Crippen LogP contribution in [0.15, 0.2) is 17.1 Å². The van der Waals surface area contributed by atoms with Gasteiger partial charge in [-0.05, 0) is 31.9 Å². The first-order chi connectivity index (χ1) is 11.0. The molecule has 1 aromatic heterocycles. The number of hydrogen-bond acceptors (Lipinski definition) is 5. The van der Waals surface area contributed by atoms with Crippen LogP contribution in [0.3, 0.4) is 0 Å². The van der Waals surface area contributed by atoms with Crippen molar-refractivity contribution in [3.8, 4) is 0 Å². The molecule has 0 saturated heterocycles. The Bertz CT molecular complexity index is 591. The third-order valence-corrected chi connectivity index (χ3v) is 3.57. The van der Waals surface area contributed by atoms with Crippen LogP contribution in [-0.4, -0.2) is 43.8 Å². The standard InChI is InChI=1S/C16H24N4O3.HI/c1-10(9-22-2)19-16(17)18-8-12-6-7-13(15(21)23-3)14(20-12)11-4-5-11;/h6-7,10-11H,4-5,8-9H2,1-3H3,(H3,17,18,19);1H. The number of nitrogens with zero attached hydrogens (tertiary/aromatic N) is 2. The molecular weight excluding hydrogens is 423 g/mol. The normalized spacial score (nSPS) is 15.4. The van der Waals surface area contributed by atoms with Gasteiger partial charge < -0.3 is 20.5 Å². The minimum Gasteiger partial charge on any atom is -0.465 e. The van der Waals surface area contributed by atoms with Gasteiger partial charge in [-0.25, -0.2) is 9.79 Å². The lowest BCUT2D eigenvalue weighted by atomic mass is 10.1. The Morgan fingerprint density at radius 2 is 2.17 bits per heavy atom. The fourth-order valence-corrected chi connectivity index (χ4v) is 2.31. The van der Waals surface area contributed by atoms with Gasteiger partial charge in [-0.15, -0.1) is 24.0 Å². The molecule has 2 rings (SSSR count). The van der Waals surface area contributed by atoms with Gasteiger partial charge in [0, 0.05) is 19.1 Å². The number of halogens is 1. The monoisotopic (exact) mass is 448 g/mol. The molecule has 1 aliphatic rings. The van der Waals surface area contributed by atoms with Crippen LogP contribution in [0.2, 0.25) is 0 Å². The number of carbonyl (C=O) groups is 1. The molecule has 7 nitrogen and oxygen atoms in total. The lowest BCUT2D eigenvalue weighted by molar-refractivity contribution is 0.0598. The summed E-state index contributed by atoms with van der Waals surface area (Å²) in [5.74, 6) is 0.357. The summed E-state index contributed by atoms with van der Waals surface area (Å²) >= 11 is 0. The number of ether oxygens (including phenoxy) is 2. The first-order valence-electron chi connectivity index (χ1n) is 7.68. The predicted octanol–water partition coefficient (Wildman–Crippen LogP) is 1.80. The third kappa shape index (κ3) is 5.90. The van der Waals surface area contributed by atoms with Gasteiger partial charge in [-0.2, -0.15) is 0 Å². The fraction of sp³-hybridized carbons (Fsp3) is 0.562. The van der Waals surface area contributed by atoms with Crippen LogP contribution in [0, 0.1) is 0 Å². The van der Waals surface area contributed by atoms with Gasteiger partial charge >= 0.3 is 5.97 Å². The molecule has 0 bridgehead atoms. The summed E-state index contributed by atoms with van der Waals surface area (Å²) in [5.41, 5.74) is 7.98. The van der Waals surface area contributed by atoms with E-state index < -0.39 is 0 Å². The number of rotatable bonds is 7. The number of aromatic nitrogens is 1. The second-order valence-corrected chi connectivity index (χ2v) is 5.70. The van der Waals surface area contributed by atoms with Crippen molar-refractivity contribution in [3.05, 3.63) is 29.1 Å². The molecule has 0 spiro atoms. The second-order valence-electron chi connectivity index (χ2n) is 5.70. The number of methoxy groups -OCH3 is 2. The van der Waals surface area contributed by atoms with Crippen molar-refractivity contribution in [2.75, 3.05) is 20.8 Å². The van der Waals surface area contributed by atoms with Crippen molar-refractivity contribution in [1.82, 2.24) is 10.3 Å². The molecule has 1 heterocycles. The molecule has 1 fully saturated rings. The van der Waals surface area contributed by atoms with E-state index in [9.17, 15) is 4.79 Å². The van der Waals surface area contributed by atoms with E-state index in [1.54, 1.807) is 19.2 Å². The van der Waals surface area contributed by atoms with Crippen molar-refractivity contribution in [2.45, 2.75) is 38.3 Å². The smallest absolute Gasteiger partial charge is 0.339 e. The third-order valence-electron chi connectivity index (χ3n) is 3.57. The molecule has 24 heavy (non-hydrogen) atoms. The summed E-state index contributed by atoms with van der Waals surface area (Å²) in [6.45, 7) is 2.87. The van der Waals surface area contributed by atoms with Gasteiger partial charge in [0.2, 0.25) is 0 Å². The summed E-state index contributed by atoms with van der Waals surface area (Å²) < 4.78 is 9.84. The molecule has 0 radical (unpaired) electrons. The summed E-state index contributed by atoms with van der Waals surface area (Å²) in [4.78, 5) is 20.7. The number of carbonyl (C=O) groups excluding carboxylic acids is 1. The zero-order chi connectivity index (χ0) is 16.8. The highest BCUT2D eigenvalue weighted by molar-refractivity contribution is 14.0. The van der Waals surface area contributed by atoms with Crippen molar-refractivity contribution < 1.29 is 14.3 Å². The first kappa shape index (κ1) is 20.6. The van der Waals surface area contributed by atoms with Gasteiger partial charge in [0.15, 0.2) is 5.96 Å². The molecule has 1 aliphatic carbocycles. The maximum absolute atomic E-state index is 11.8. The van der Waals surface area contributed by atoms with Crippen molar-refractivity contribution in [1.29, 1.82) is 0 Å². The van der Waals surface area contributed by atoms with Crippen LogP contribution in [0.5, 0.6) is 0 Å². The van der Waals surface area contributed by atoms with Gasteiger partial charge in [-0.1, -0.05) is 0 Å². The maximum atomic E-state index is 11.8. The fourth-order valence-electron chi connectivity index (χ4n) is 2.31. The summed E-state index contributed by atoms with van der Waals surface area (Å²) in [6, 6.07) is 3.63. The second kappa shape index (κ2) is 9.77. The summed E-state index contributed by atoms with van der Waals surface area (Å²) in [7, 11) is 3.02. The zero-order valence-corrected chi connectivity index (χ0v) is 16.6. The Balaban J connectivity index is 0.00000288. The van der Waals surface area contributed by atoms with E-state index in [-0.39, 0.29) is 36.0 Å². The molecule has 0 aliphatic heterocycles. The first-order valence-corrected chi connectivity index (χ1v) is 7.68. The maximum Gasteiger partial charge on any atom is 0.339 e. The van der Waals surface area contributed by atoms with Crippen LogP contribution in [0.25, 0.3) is 0 Å². The molecule has 8 heteroatoms. The molecule has 134 valence electrons. The highest BCUT2D eigenvalue weighted by Gasteiger charge is 2.30. The molecule has 3 N–H and O–H groups in total. The number of pyridine rings is 1. The highest BCUT2D eigenvalue weighted by Crippen LogP contribution is 2.40. The van der Waals surface area contributed by atoms with Crippen LogP contribution < -0.4 is 11.1 Å². The van der Waals surface area contributed by atoms with Gasteiger partial charge in [0.05, 0.1) is 37.2 Å². The molecule has 1 aromatic rings. The number of esters is 1. The lowest BCUT2D eigenvalue weighted by Gasteiger charge is -2.13. The Morgan fingerprint density at radius 1 is 1.46 bits per heavy atom. The van der Waals surface area contributed by atoms with Gasteiger partial charge in [-0.3, -0.25) is 4.98 Å². The van der Waals surface area contributed by atoms with Gasteiger partial charge in [0.1, 0.15) is 0 Å². The van der Waals surface area contributed by atoms with E-state index in [1.165, 1.54) is 7.11 Å². The van der Waals surface area contributed by atoms with E-state index in [0.29, 0.717) is 30.6 Å². The van der Waals surface area contributed by atoms with E-state index in [4.69, 9.17) is 15.2 Å². The number of guanidine groups is 1. The lowest BCUT2D eigenvalue weighted by Crippen LogP contribution is -2.40. The van der Waals surface area contributed by atoms with Crippen LogP contribution in [-0.2, 0) is 16.0 Å². The van der Waals surface area contributed by atoms with Crippen LogP contribution in [0.1, 0.15) is 47.4 Å². The Labute approximate surface area is 159 Å². The van der Waals surface area contributed by atoms with E-state index >= 15 is 0 Å². The quantitative estimate of drug-likeness (QED) is 0.286. The number of nitrogens with two attached hydrogens (primary N) is 1. The molecule has 1 atom stereocenters. The molecule has 0 amide bonds. The summed E-state index contributed by atoms with van der Waals surface area (Å²) in [6.07, 6.45) is 2.11. The highest BCUT2D eigenvalue weighted by atomic mass is 127. The van der Waals surface area contributed by atoms with Crippen molar-refractivity contribution in [3.63, 3.8) is 0 Å². The number of aliphatic imine (C=N–C) groups is 1. The van der Waals surface area contributed by atoms with E-state index in [1.807, 2.05) is 6.92 Å². The minimum absolute atomic E-state index is 0. The summed E-state index contributed by atoms with van der Waals surface area (Å²) in [5, 5.41) is 3.04. The van der Waals surface area contributed by atoms with Crippen LogP contribution in [0.4, 0.5) is 0 Å². The largest absolute Gasteiger partial charge is 0.465 e. The topological polar surface area (TPSA) is 98.8 Å². The molecule has 0 aromatic carbocycles. The van der Waals surface area contributed by atoms with E-state index in [0.717, 1.165) is 24.2 Å². The molecule has 1 saturated carbocycles. The van der Waals surface area contributed by atoms with E-state index in [2.05, 4.69) is 15.3 Å².